The molecule has 2 aliphatic heterocycles. The maximum Gasteiger partial charge on any atom is 0.319 e. The van der Waals surface area contributed by atoms with Gasteiger partial charge in [-0.15, -0.1) is 0 Å². The van der Waals surface area contributed by atoms with Gasteiger partial charge in [0.2, 0.25) is 5.91 Å². The zero-order chi connectivity index (χ0) is 36.2. The summed E-state index contributed by atoms with van der Waals surface area (Å²) < 4.78 is 25.0. The molecule has 274 valence electrons. The smallest absolute Gasteiger partial charge is 0.319 e. The fourth-order valence-electron chi connectivity index (χ4n) is 7.56. The molecule has 0 bridgehead atoms. The Morgan fingerprint density at radius 1 is 1.11 bits per heavy atom. The molecular weight excluding hydrogens is 604 g/mol. The third-order valence-corrected chi connectivity index (χ3v) is 10.9. The SMILES string of the molecule is CCC(C)([C@H]1COC(=O)C(C)(C)C(=O)[C@H](C)[C@@H](O[C@@H]2O[C@H](C)C[C@H](N(C)C)[C@H]2O)[C@](C)(OC)C[C@@H](C)CN1C)N(C)C(=O)CN(C)C. The molecule has 1 N–H and O–H groups in total. The molecule has 0 radical (unpaired) electrons. The van der Waals surface area contributed by atoms with Crippen LogP contribution in [0.2, 0.25) is 0 Å². The number of carbonyl (C=O) groups excluding carboxylic acids is 3. The van der Waals surface area contributed by atoms with Gasteiger partial charge in [-0.2, -0.15) is 0 Å². The molecule has 0 aromatic carbocycles. The standard InChI is InChI=1S/C35H66N4O8/c1-16-34(7,39(14)27(40)20-36(9)10)26-21-45-32(43)33(5,6)29(42)24(4)30(35(8,44-15)18-22(2)19-38(26)13)47-31-28(41)25(37(11)12)17-23(3)46-31/h22-26,28,30-31,41H,16-21H2,1-15H3/t22-,23-,24+,25+,26-,28-,30-,31+,34?,35-/m1/s1. The van der Waals surface area contributed by atoms with Crippen LogP contribution in [0, 0.1) is 17.3 Å². The number of aliphatic hydroxyl groups is 1. The Kier molecular flexibility index (Phi) is 14.4. The predicted octanol–water partition coefficient (Wildman–Crippen LogP) is 2.51. The lowest BCUT2D eigenvalue weighted by Crippen LogP contribution is -2.63. The van der Waals surface area contributed by atoms with E-state index in [2.05, 4.69) is 11.8 Å². The van der Waals surface area contributed by atoms with Crippen LogP contribution in [0.4, 0.5) is 0 Å². The quantitative estimate of drug-likeness (QED) is 0.288. The van der Waals surface area contributed by atoms with Gasteiger partial charge in [0.25, 0.3) is 0 Å². The number of ether oxygens (including phenoxy) is 4. The summed E-state index contributed by atoms with van der Waals surface area (Å²) in [5.41, 5.74) is -3.20. The van der Waals surface area contributed by atoms with Gasteiger partial charge in [-0.25, -0.2) is 0 Å². The number of hydrogen-bond acceptors (Lipinski definition) is 11. The van der Waals surface area contributed by atoms with Crippen LogP contribution in [0.5, 0.6) is 0 Å². The number of likely N-dealkylation sites (N-methyl/N-ethyl adjacent to an activating group) is 4. The highest BCUT2D eigenvalue weighted by Crippen LogP contribution is 2.39. The van der Waals surface area contributed by atoms with Crippen molar-refractivity contribution in [3.63, 3.8) is 0 Å². The summed E-state index contributed by atoms with van der Waals surface area (Å²) in [7, 11) is 12.9. The Labute approximate surface area is 284 Å². The fourth-order valence-corrected chi connectivity index (χ4v) is 7.56. The van der Waals surface area contributed by atoms with Gasteiger partial charge in [0.1, 0.15) is 18.1 Å². The number of ketones is 1. The van der Waals surface area contributed by atoms with Crippen molar-refractivity contribution in [1.29, 1.82) is 0 Å². The molecule has 10 atom stereocenters. The highest BCUT2D eigenvalue weighted by atomic mass is 16.7. The Balaban J connectivity index is 2.61. The number of hydrogen-bond donors (Lipinski definition) is 1. The molecule has 1 amide bonds. The minimum absolute atomic E-state index is 0.00443. The van der Waals surface area contributed by atoms with Crippen LogP contribution in [0.1, 0.15) is 74.7 Å². The van der Waals surface area contributed by atoms with Gasteiger partial charge in [0.15, 0.2) is 12.1 Å². The molecule has 2 saturated heterocycles. The molecule has 2 aliphatic rings. The van der Waals surface area contributed by atoms with Crippen LogP contribution >= 0.6 is 0 Å². The number of methoxy groups -OCH3 is 1. The average Bonchev–Trinajstić information content (AvgIpc) is 2.98. The molecule has 0 aliphatic carbocycles. The molecule has 0 aromatic heterocycles. The lowest BCUT2D eigenvalue weighted by Gasteiger charge is -2.49. The third kappa shape index (κ3) is 9.32. The summed E-state index contributed by atoms with van der Waals surface area (Å²) >= 11 is 0. The summed E-state index contributed by atoms with van der Waals surface area (Å²) in [6.45, 7) is 15.8. The molecule has 2 heterocycles. The van der Waals surface area contributed by atoms with Crippen molar-refractivity contribution < 1.29 is 38.4 Å². The largest absolute Gasteiger partial charge is 0.463 e. The minimum atomic E-state index is -1.51. The van der Waals surface area contributed by atoms with E-state index in [1.54, 1.807) is 39.8 Å². The number of carbonyl (C=O) groups is 3. The maximum absolute atomic E-state index is 14.3. The monoisotopic (exact) mass is 670 g/mol. The number of amides is 1. The van der Waals surface area contributed by atoms with Crippen LogP contribution in [0.3, 0.4) is 0 Å². The van der Waals surface area contributed by atoms with E-state index >= 15 is 0 Å². The first kappa shape index (κ1) is 41.5. The second-order valence-corrected chi connectivity index (χ2v) is 15.7. The molecular formula is C35H66N4O8. The molecule has 0 spiro atoms. The van der Waals surface area contributed by atoms with E-state index in [9.17, 15) is 19.5 Å². The highest BCUT2D eigenvalue weighted by molar-refractivity contribution is 6.04. The van der Waals surface area contributed by atoms with E-state index in [1.807, 2.05) is 72.7 Å². The molecule has 12 nitrogen and oxygen atoms in total. The molecule has 0 saturated carbocycles. The van der Waals surface area contributed by atoms with Crippen LogP contribution in [-0.2, 0) is 33.3 Å². The Morgan fingerprint density at radius 3 is 2.21 bits per heavy atom. The summed E-state index contributed by atoms with van der Waals surface area (Å²) in [6, 6.07) is -0.569. The van der Waals surface area contributed by atoms with Crippen LogP contribution < -0.4 is 0 Å². The van der Waals surface area contributed by atoms with Crippen molar-refractivity contribution in [2.75, 3.05) is 69.1 Å². The molecule has 0 aromatic rings. The van der Waals surface area contributed by atoms with Crippen molar-refractivity contribution in [1.82, 2.24) is 19.6 Å². The van der Waals surface area contributed by atoms with Gasteiger partial charge in [-0.1, -0.05) is 20.8 Å². The van der Waals surface area contributed by atoms with Gasteiger partial charge in [0.05, 0.1) is 35.9 Å². The minimum Gasteiger partial charge on any atom is -0.463 e. The summed E-state index contributed by atoms with van der Waals surface area (Å²) in [5.74, 6) is -1.82. The molecule has 1 unspecified atom stereocenters. The van der Waals surface area contributed by atoms with E-state index in [-0.39, 0.29) is 48.9 Å². The van der Waals surface area contributed by atoms with E-state index in [0.717, 1.165) is 0 Å². The maximum atomic E-state index is 14.3. The van der Waals surface area contributed by atoms with Gasteiger partial charge < -0.3 is 38.8 Å². The van der Waals surface area contributed by atoms with E-state index in [4.69, 9.17) is 18.9 Å². The summed E-state index contributed by atoms with van der Waals surface area (Å²) in [6.07, 6.45) is -1.26. The lowest BCUT2D eigenvalue weighted by molar-refractivity contribution is -0.295. The van der Waals surface area contributed by atoms with Crippen LogP contribution in [0.15, 0.2) is 0 Å². The van der Waals surface area contributed by atoms with Crippen molar-refractivity contribution in [3.05, 3.63) is 0 Å². The first-order valence-electron chi connectivity index (χ1n) is 17.1. The highest BCUT2D eigenvalue weighted by Gasteiger charge is 2.52. The fraction of sp³-hybridized carbons (Fsp3) is 0.914. The van der Waals surface area contributed by atoms with Gasteiger partial charge in [-0.05, 0) is 95.0 Å². The second kappa shape index (κ2) is 16.4. The lowest BCUT2D eigenvalue weighted by atomic mass is 9.74. The average molecular weight is 671 g/mol. The molecule has 12 heteroatoms. The number of Topliss-reactive ketones (excluding diaryl/α,β-unsaturated/α-hetero) is 1. The van der Waals surface area contributed by atoms with Gasteiger partial charge >= 0.3 is 5.97 Å². The number of cyclic esters (lactones) is 1. The van der Waals surface area contributed by atoms with Gasteiger partial charge in [0, 0.05) is 32.7 Å². The van der Waals surface area contributed by atoms with E-state index < -0.39 is 46.9 Å². The van der Waals surface area contributed by atoms with Gasteiger partial charge in [-0.3, -0.25) is 19.3 Å². The first-order chi connectivity index (χ1) is 21.6. The van der Waals surface area contributed by atoms with E-state index in [0.29, 0.717) is 25.8 Å². The van der Waals surface area contributed by atoms with Crippen molar-refractivity contribution in [3.8, 4) is 0 Å². The number of nitrogens with zero attached hydrogens (tertiary/aromatic N) is 4. The Hall–Kier alpha value is -1.67. The third-order valence-electron chi connectivity index (χ3n) is 10.9. The Bertz CT molecular complexity index is 1070. The second-order valence-electron chi connectivity index (χ2n) is 15.7. The number of rotatable bonds is 9. The number of aliphatic hydroxyl groups excluding tert-OH is 1. The van der Waals surface area contributed by atoms with Crippen molar-refractivity contribution in [2.24, 2.45) is 17.3 Å². The zero-order valence-corrected chi connectivity index (χ0v) is 32.0. The predicted molar refractivity (Wildman–Crippen MR) is 182 cm³/mol. The molecule has 47 heavy (non-hydrogen) atoms. The normalized spacial score (nSPS) is 36.2. The van der Waals surface area contributed by atoms with Crippen LogP contribution in [0.25, 0.3) is 0 Å². The first-order valence-corrected chi connectivity index (χ1v) is 17.1. The van der Waals surface area contributed by atoms with E-state index in [1.165, 1.54) is 0 Å². The van der Waals surface area contributed by atoms with Crippen molar-refractivity contribution in [2.45, 2.75) is 122 Å². The molecule has 2 fully saturated rings. The number of esters is 1. The van der Waals surface area contributed by atoms with Crippen molar-refractivity contribution >= 4 is 17.7 Å². The molecule has 2 rings (SSSR count). The Morgan fingerprint density at radius 2 is 1.70 bits per heavy atom. The summed E-state index contributed by atoms with van der Waals surface area (Å²) in [4.78, 5) is 49.2. The summed E-state index contributed by atoms with van der Waals surface area (Å²) in [5, 5.41) is 11.4. The topological polar surface area (TPSA) is 121 Å². The zero-order valence-electron chi connectivity index (χ0n) is 32.0. The van der Waals surface area contributed by atoms with Crippen LogP contribution in [-0.4, -0.2) is 159 Å².